The Labute approximate surface area is 197 Å². The van der Waals surface area contributed by atoms with E-state index in [1.807, 2.05) is 0 Å². The Bertz CT molecular complexity index is 671. The minimum atomic E-state index is -0.820. The molecular weight excluding hydrogens is 423 g/mol. The van der Waals surface area contributed by atoms with Gasteiger partial charge in [-0.2, -0.15) is 0 Å². The summed E-state index contributed by atoms with van der Waals surface area (Å²) in [5, 5.41) is 10.2. The molecule has 0 bridgehead atoms. The summed E-state index contributed by atoms with van der Waals surface area (Å²) < 4.78 is 20.4. The third-order valence-electron chi connectivity index (χ3n) is 8.92. The van der Waals surface area contributed by atoms with E-state index in [0.717, 1.165) is 51.6 Å². The van der Waals surface area contributed by atoms with E-state index in [0.29, 0.717) is 31.2 Å². The first kappa shape index (κ1) is 23.9. The average molecular weight is 467 g/mol. The molecule has 3 saturated heterocycles. The molecule has 2 saturated carbocycles. The van der Waals surface area contributed by atoms with Gasteiger partial charge in [0.15, 0.2) is 0 Å². The number of hydrogen-bond acceptors (Lipinski definition) is 7. The topological polar surface area (TPSA) is 89.7 Å². The van der Waals surface area contributed by atoms with E-state index < -0.39 is 6.17 Å². The molecule has 5 rings (SSSR count). The smallest absolute Gasteiger partial charge is 0.223 e. The van der Waals surface area contributed by atoms with Crippen LogP contribution in [0.25, 0.3) is 0 Å². The first-order chi connectivity index (χ1) is 16.1. The standard InChI is InChI=1S/C24H43FN6O2/c1-31-22(29-30-23(31)17-9-10-26-12-19(17)25)13-27-16-6-4-5-15(11-16)24(32)28-20-14-33-21-8-3-2-7-18(20)21/h15-23,26-27,29-30H,2-14H2,1H3,(H,28,32)/t15?,16?,17?,18?,19?,20-,21?,22?,23?/m0/s1. The number of hydrogen-bond donors (Lipinski definition) is 5. The Morgan fingerprint density at radius 3 is 2.85 bits per heavy atom. The number of piperidine rings is 1. The van der Waals surface area contributed by atoms with Gasteiger partial charge >= 0.3 is 0 Å². The summed E-state index contributed by atoms with van der Waals surface area (Å²) in [6, 6.07) is 0.545. The lowest BCUT2D eigenvalue weighted by Gasteiger charge is -2.35. The van der Waals surface area contributed by atoms with Crippen LogP contribution in [0.15, 0.2) is 0 Å². The molecule has 0 spiro atoms. The Kier molecular flexibility index (Phi) is 7.84. The zero-order chi connectivity index (χ0) is 22.8. The first-order valence-electron chi connectivity index (χ1n) is 13.3. The van der Waals surface area contributed by atoms with Crippen LogP contribution in [0.5, 0.6) is 0 Å². The highest BCUT2D eigenvalue weighted by Gasteiger charge is 2.42. The van der Waals surface area contributed by atoms with Crippen LogP contribution in [-0.2, 0) is 9.53 Å². The van der Waals surface area contributed by atoms with Gasteiger partial charge in [0.1, 0.15) is 6.17 Å². The maximum absolute atomic E-state index is 14.4. The fraction of sp³-hybridized carbons (Fsp3) is 0.958. The molecule has 0 aromatic heterocycles. The lowest BCUT2D eigenvalue weighted by Crippen LogP contribution is -2.52. The van der Waals surface area contributed by atoms with E-state index in [1.54, 1.807) is 0 Å². The van der Waals surface area contributed by atoms with Gasteiger partial charge in [0.2, 0.25) is 5.91 Å². The van der Waals surface area contributed by atoms with Crippen molar-refractivity contribution >= 4 is 5.91 Å². The summed E-state index contributed by atoms with van der Waals surface area (Å²) in [6.07, 6.45) is 9.41. The molecule has 0 radical (unpaired) electrons. The van der Waals surface area contributed by atoms with Crippen molar-refractivity contribution in [3.63, 3.8) is 0 Å². The summed E-state index contributed by atoms with van der Waals surface area (Å²) in [7, 11) is 2.07. The van der Waals surface area contributed by atoms with Crippen molar-refractivity contribution in [1.29, 1.82) is 0 Å². The zero-order valence-corrected chi connectivity index (χ0v) is 20.0. The summed E-state index contributed by atoms with van der Waals surface area (Å²) in [4.78, 5) is 15.3. The van der Waals surface area contributed by atoms with Crippen LogP contribution >= 0.6 is 0 Å². The maximum Gasteiger partial charge on any atom is 0.223 e. The minimum Gasteiger partial charge on any atom is -0.376 e. The number of halogens is 1. The van der Waals surface area contributed by atoms with Crippen molar-refractivity contribution in [3.8, 4) is 0 Å². The van der Waals surface area contributed by atoms with E-state index in [-0.39, 0.29) is 36.1 Å². The Morgan fingerprint density at radius 2 is 1.97 bits per heavy atom. The third-order valence-corrected chi connectivity index (χ3v) is 8.92. The van der Waals surface area contributed by atoms with Crippen LogP contribution in [-0.4, -0.2) is 80.8 Å². The van der Waals surface area contributed by atoms with Gasteiger partial charge in [-0.1, -0.05) is 19.3 Å². The van der Waals surface area contributed by atoms with Crippen LogP contribution in [0.4, 0.5) is 4.39 Å². The van der Waals surface area contributed by atoms with Crippen LogP contribution < -0.4 is 26.8 Å². The van der Waals surface area contributed by atoms with E-state index in [2.05, 4.69) is 38.7 Å². The monoisotopic (exact) mass is 466 g/mol. The number of likely N-dealkylation sites (N-methyl/N-ethyl adjacent to an activating group) is 1. The molecule has 5 N–H and O–H groups in total. The number of ether oxygens (including phenoxy) is 1. The van der Waals surface area contributed by atoms with Gasteiger partial charge in [-0.05, 0) is 52.1 Å². The van der Waals surface area contributed by atoms with Gasteiger partial charge in [-0.25, -0.2) is 15.2 Å². The number of amides is 1. The normalized spacial score (nSPS) is 44.5. The van der Waals surface area contributed by atoms with Crippen molar-refractivity contribution in [3.05, 3.63) is 0 Å². The average Bonchev–Trinajstić information content (AvgIpc) is 3.41. The second kappa shape index (κ2) is 10.8. The zero-order valence-electron chi connectivity index (χ0n) is 20.0. The molecule has 9 atom stereocenters. The van der Waals surface area contributed by atoms with Crippen molar-refractivity contribution in [2.24, 2.45) is 17.8 Å². The van der Waals surface area contributed by atoms with Crippen molar-refractivity contribution in [2.45, 2.75) is 94.5 Å². The molecule has 5 fully saturated rings. The Hall–Kier alpha value is -0.840. The summed E-state index contributed by atoms with van der Waals surface area (Å²) in [5.41, 5.74) is 6.68. The third kappa shape index (κ3) is 5.38. The largest absolute Gasteiger partial charge is 0.376 e. The Balaban J connectivity index is 1.07. The molecule has 1 amide bonds. The molecule has 33 heavy (non-hydrogen) atoms. The number of nitrogens with zero attached hydrogens (tertiary/aromatic N) is 1. The van der Waals surface area contributed by atoms with Gasteiger partial charge in [0.25, 0.3) is 0 Å². The number of rotatable bonds is 6. The van der Waals surface area contributed by atoms with Crippen LogP contribution in [0, 0.1) is 17.8 Å². The van der Waals surface area contributed by atoms with Gasteiger partial charge in [-0.3, -0.25) is 9.69 Å². The summed E-state index contributed by atoms with van der Waals surface area (Å²) in [6.45, 7) is 2.78. The van der Waals surface area contributed by atoms with Gasteiger partial charge in [-0.15, -0.1) is 0 Å². The number of fused-ring (bicyclic) bond motifs is 1. The van der Waals surface area contributed by atoms with E-state index in [4.69, 9.17) is 4.74 Å². The fourth-order valence-electron chi connectivity index (χ4n) is 6.86. The number of hydrazine groups is 1. The predicted molar refractivity (Wildman–Crippen MR) is 125 cm³/mol. The maximum atomic E-state index is 14.4. The highest BCUT2D eigenvalue weighted by Crippen LogP contribution is 2.35. The molecule has 5 aliphatic rings. The highest BCUT2D eigenvalue weighted by molar-refractivity contribution is 5.79. The quantitative estimate of drug-likeness (QED) is 0.397. The molecule has 188 valence electrons. The number of alkyl halides is 1. The number of carbonyl (C=O) groups is 1. The van der Waals surface area contributed by atoms with Gasteiger partial charge < -0.3 is 20.7 Å². The summed E-state index contributed by atoms with van der Waals surface area (Å²) >= 11 is 0. The second-order valence-corrected chi connectivity index (χ2v) is 11.0. The van der Waals surface area contributed by atoms with Crippen LogP contribution in [0.2, 0.25) is 0 Å². The minimum absolute atomic E-state index is 0.000152. The SMILES string of the molecule is CN1C(CNC2CCCC(C(=O)N[C@H]3COC4CCCCC43)C2)NNC1C1CCNCC1F. The van der Waals surface area contributed by atoms with E-state index in [1.165, 1.54) is 19.3 Å². The lowest BCUT2D eigenvalue weighted by molar-refractivity contribution is -0.127. The van der Waals surface area contributed by atoms with Crippen molar-refractivity contribution in [1.82, 2.24) is 31.7 Å². The van der Waals surface area contributed by atoms with E-state index >= 15 is 0 Å². The second-order valence-electron chi connectivity index (χ2n) is 11.0. The van der Waals surface area contributed by atoms with Gasteiger partial charge in [0.05, 0.1) is 31.1 Å². The number of carbonyl (C=O) groups excluding carboxylic acids is 1. The molecule has 0 aromatic rings. The highest BCUT2D eigenvalue weighted by atomic mass is 19.1. The first-order valence-corrected chi connectivity index (χ1v) is 13.3. The molecule has 8 nitrogen and oxygen atoms in total. The molecule has 3 aliphatic heterocycles. The van der Waals surface area contributed by atoms with Crippen LogP contribution in [0.1, 0.15) is 57.8 Å². The summed E-state index contributed by atoms with van der Waals surface area (Å²) in [5.74, 6) is 0.813. The van der Waals surface area contributed by atoms with Crippen molar-refractivity contribution < 1.29 is 13.9 Å². The molecule has 8 unspecified atom stereocenters. The van der Waals surface area contributed by atoms with Crippen molar-refractivity contribution in [2.75, 3.05) is 33.3 Å². The molecule has 2 aliphatic carbocycles. The predicted octanol–water partition coefficient (Wildman–Crippen LogP) is 0.848. The van der Waals surface area contributed by atoms with Crippen LogP contribution in [0.3, 0.4) is 0 Å². The molecular formula is C24H43FN6O2. The lowest BCUT2D eigenvalue weighted by atomic mass is 9.82. The molecule has 9 heteroatoms. The number of nitrogens with one attached hydrogen (secondary N) is 5. The fourth-order valence-corrected chi connectivity index (χ4v) is 6.86. The Morgan fingerprint density at radius 1 is 1.09 bits per heavy atom. The van der Waals surface area contributed by atoms with E-state index in [9.17, 15) is 9.18 Å². The van der Waals surface area contributed by atoms with Gasteiger partial charge in [0, 0.05) is 36.9 Å². The molecule has 0 aromatic carbocycles. The molecule has 3 heterocycles.